The zero-order valence-corrected chi connectivity index (χ0v) is 24.8. The van der Waals surface area contributed by atoms with Gasteiger partial charge in [0, 0.05) is 31.5 Å². The van der Waals surface area contributed by atoms with E-state index in [-0.39, 0.29) is 48.2 Å². The highest BCUT2D eigenvalue weighted by Gasteiger charge is 2.40. The van der Waals surface area contributed by atoms with Gasteiger partial charge in [0.15, 0.2) is 0 Å². The Kier molecular flexibility index (Phi) is 8.97. The van der Waals surface area contributed by atoms with Gasteiger partial charge in [0.25, 0.3) is 15.9 Å². The van der Waals surface area contributed by atoms with E-state index in [4.69, 9.17) is 0 Å². The first-order valence-corrected chi connectivity index (χ1v) is 15.2. The first kappa shape index (κ1) is 30.0. The molecule has 216 valence electrons. The van der Waals surface area contributed by atoms with Crippen LogP contribution in [0.15, 0.2) is 83.8 Å². The molecular weight excluding hydrogens is 538 g/mol. The van der Waals surface area contributed by atoms with Crippen LogP contribution in [-0.2, 0) is 32.6 Å². The number of hydrogen-bond donors (Lipinski definition) is 1. The van der Waals surface area contributed by atoms with Crippen molar-refractivity contribution in [2.75, 3.05) is 6.54 Å². The van der Waals surface area contributed by atoms with Gasteiger partial charge in [-0.25, -0.2) is 12.7 Å². The van der Waals surface area contributed by atoms with Crippen LogP contribution in [0.5, 0.6) is 0 Å². The van der Waals surface area contributed by atoms with Crippen molar-refractivity contribution in [2.24, 2.45) is 0 Å². The van der Waals surface area contributed by atoms with Crippen LogP contribution in [-0.4, -0.2) is 53.5 Å². The Labute approximate surface area is 242 Å². The Balaban J connectivity index is 1.58. The molecule has 1 aliphatic rings. The van der Waals surface area contributed by atoms with Crippen LogP contribution in [0.25, 0.3) is 0 Å². The van der Waals surface area contributed by atoms with E-state index in [1.807, 2.05) is 82.3 Å². The lowest BCUT2D eigenvalue weighted by Gasteiger charge is -2.34. The molecule has 0 bridgehead atoms. The van der Waals surface area contributed by atoms with E-state index in [0.29, 0.717) is 6.42 Å². The Bertz CT molecular complexity index is 1510. The second kappa shape index (κ2) is 12.3. The van der Waals surface area contributed by atoms with Gasteiger partial charge in [-0.05, 0) is 57.4 Å². The molecule has 1 atom stereocenters. The summed E-state index contributed by atoms with van der Waals surface area (Å²) in [6, 6.07) is 22.6. The molecule has 1 heterocycles. The van der Waals surface area contributed by atoms with E-state index < -0.39 is 27.5 Å². The summed E-state index contributed by atoms with van der Waals surface area (Å²) in [7, 11) is -3.96. The molecule has 0 aliphatic carbocycles. The zero-order chi connectivity index (χ0) is 29.8. The Morgan fingerprint density at radius 1 is 0.902 bits per heavy atom. The van der Waals surface area contributed by atoms with E-state index >= 15 is 0 Å². The summed E-state index contributed by atoms with van der Waals surface area (Å²) in [5, 5.41) is 3.03. The number of benzene rings is 3. The second-order valence-electron chi connectivity index (χ2n) is 11.4. The predicted octanol–water partition coefficient (Wildman–Crippen LogP) is 4.47. The second-order valence-corrected chi connectivity index (χ2v) is 13.3. The molecular formula is C32H37N3O5S. The summed E-state index contributed by atoms with van der Waals surface area (Å²) in [5.41, 5.74) is 2.49. The molecule has 1 aliphatic heterocycles. The summed E-state index contributed by atoms with van der Waals surface area (Å²) in [6.07, 6.45) is 0.408. The van der Waals surface area contributed by atoms with Crippen molar-refractivity contribution in [2.45, 2.75) is 70.0 Å². The fraction of sp³-hybridized carbons (Fsp3) is 0.344. The zero-order valence-electron chi connectivity index (χ0n) is 24.0. The monoisotopic (exact) mass is 575 g/mol. The molecule has 9 heteroatoms. The fourth-order valence-electron chi connectivity index (χ4n) is 4.87. The highest BCUT2D eigenvalue weighted by atomic mass is 32.2. The first-order chi connectivity index (χ1) is 19.4. The van der Waals surface area contributed by atoms with Crippen LogP contribution in [0.1, 0.15) is 60.7 Å². The van der Waals surface area contributed by atoms with Gasteiger partial charge in [-0.1, -0.05) is 72.3 Å². The first-order valence-electron chi connectivity index (χ1n) is 13.7. The van der Waals surface area contributed by atoms with Crippen LogP contribution >= 0.6 is 0 Å². The molecule has 0 spiro atoms. The summed E-state index contributed by atoms with van der Waals surface area (Å²) in [6.45, 7) is 7.73. The van der Waals surface area contributed by atoms with Crippen molar-refractivity contribution in [3.05, 3.63) is 101 Å². The molecule has 4 rings (SSSR count). The number of carbonyl (C=O) groups excluding carboxylic acids is 3. The summed E-state index contributed by atoms with van der Waals surface area (Å²) >= 11 is 0. The van der Waals surface area contributed by atoms with Crippen molar-refractivity contribution in [3.63, 3.8) is 0 Å². The number of carbonyl (C=O) groups is 3. The van der Waals surface area contributed by atoms with Gasteiger partial charge in [-0.2, -0.15) is 0 Å². The number of nitrogens with one attached hydrogen (secondary N) is 1. The molecule has 1 unspecified atom stereocenters. The average molecular weight is 576 g/mol. The Morgan fingerprint density at radius 2 is 1.54 bits per heavy atom. The maximum absolute atomic E-state index is 13.8. The third-order valence-electron chi connectivity index (χ3n) is 6.91. The SMILES string of the molecule is Cc1ccc(CN(C(=O)CCCN2C(=O)c3ccccc3S2(=O)=O)C(Cc2ccccc2)C(=O)NC(C)(C)C)cc1. The Morgan fingerprint density at radius 3 is 2.17 bits per heavy atom. The summed E-state index contributed by atoms with van der Waals surface area (Å²) in [4.78, 5) is 41.9. The van der Waals surface area contributed by atoms with Crippen molar-refractivity contribution in [1.82, 2.24) is 14.5 Å². The highest BCUT2D eigenvalue weighted by molar-refractivity contribution is 7.90. The van der Waals surface area contributed by atoms with Crippen molar-refractivity contribution < 1.29 is 22.8 Å². The van der Waals surface area contributed by atoms with E-state index in [1.165, 1.54) is 12.1 Å². The van der Waals surface area contributed by atoms with Crippen LogP contribution in [0.3, 0.4) is 0 Å². The van der Waals surface area contributed by atoms with E-state index in [9.17, 15) is 22.8 Å². The molecule has 0 fully saturated rings. The van der Waals surface area contributed by atoms with Gasteiger partial charge in [0.1, 0.15) is 10.9 Å². The van der Waals surface area contributed by atoms with Crippen LogP contribution in [0.2, 0.25) is 0 Å². The minimum Gasteiger partial charge on any atom is -0.350 e. The molecule has 8 nitrogen and oxygen atoms in total. The lowest BCUT2D eigenvalue weighted by molar-refractivity contribution is -0.142. The smallest absolute Gasteiger partial charge is 0.269 e. The number of hydrogen-bond acceptors (Lipinski definition) is 5. The molecule has 0 aromatic heterocycles. The van der Waals surface area contributed by atoms with Gasteiger partial charge in [0.2, 0.25) is 11.8 Å². The third-order valence-corrected chi connectivity index (χ3v) is 8.75. The van der Waals surface area contributed by atoms with Crippen molar-refractivity contribution >= 4 is 27.7 Å². The van der Waals surface area contributed by atoms with E-state index in [1.54, 1.807) is 17.0 Å². The maximum atomic E-state index is 13.8. The predicted molar refractivity (Wildman–Crippen MR) is 157 cm³/mol. The number of rotatable bonds is 10. The fourth-order valence-corrected chi connectivity index (χ4v) is 6.47. The largest absolute Gasteiger partial charge is 0.350 e. The highest BCUT2D eigenvalue weighted by Crippen LogP contribution is 2.30. The standard InChI is InChI=1S/C32H37N3O5S/c1-23-16-18-25(19-17-23)22-34(27(30(37)33-32(2,3)4)21-24-11-6-5-7-12-24)29(36)15-10-20-35-31(38)26-13-8-9-14-28(26)41(35,39)40/h5-9,11-14,16-19,27H,10,15,20-22H2,1-4H3,(H,33,37). The van der Waals surface area contributed by atoms with Gasteiger partial charge >= 0.3 is 0 Å². The van der Waals surface area contributed by atoms with Crippen LogP contribution < -0.4 is 5.32 Å². The van der Waals surface area contributed by atoms with Gasteiger partial charge in [0.05, 0.1) is 5.56 Å². The molecule has 41 heavy (non-hydrogen) atoms. The molecule has 3 amide bonds. The Hall–Kier alpha value is -3.98. The van der Waals surface area contributed by atoms with Crippen molar-refractivity contribution in [1.29, 1.82) is 0 Å². The number of sulfonamides is 1. The lowest BCUT2D eigenvalue weighted by atomic mass is 10.00. The van der Waals surface area contributed by atoms with Crippen LogP contribution in [0.4, 0.5) is 0 Å². The summed E-state index contributed by atoms with van der Waals surface area (Å²) < 4.78 is 26.8. The van der Waals surface area contributed by atoms with Crippen LogP contribution in [0, 0.1) is 6.92 Å². The number of fused-ring (bicyclic) bond motifs is 1. The minimum atomic E-state index is -3.96. The molecule has 0 saturated heterocycles. The number of nitrogens with zero attached hydrogens (tertiary/aromatic N) is 2. The lowest BCUT2D eigenvalue weighted by Crippen LogP contribution is -2.54. The van der Waals surface area contributed by atoms with Gasteiger partial charge < -0.3 is 10.2 Å². The number of aryl methyl sites for hydroxylation is 1. The van der Waals surface area contributed by atoms with E-state index in [2.05, 4.69) is 5.32 Å². The van der Waals surface area contributed by atoms with Crippen molar-refractivity contribution in [3.8, 4) is 0 Å². The third kappa shape index (κ3) is 7.21. The van der Waals surface area contributed by atoms with Gasteiger partial charge in [-0.15, -0.1) is 0 Å². The quantitative estimate of drug-likeness (QED) is 0.384. The minimum absolute atomic E-state index is 0.0147. The van der Waals surface area contributed by atoms with E-state index in [0.717, 1.165) is 21.0 Å². The molecule has 0 radical (unpaired) electrons. The molecule has 3 aromatic rings. The summed E-state index contributed by atoms with van der Waals surface area (Å²) in [5.74, 6) is -1.15. The number of amides is 3. The molecule has 3 aromatic carbocycles. The molecule has 1 N–H and O–H groups in total. The molecule has 0 saturated carbocycles. The van der Waals surface area contributed by atoms with Gasteiger partial charge in [-0.3, -0.25) is 14.4 Å². The topological polar surface area (TPSA) is 104 Å². The normalized spacial score (nSPS) is 14.8. The average Bonchev–Trinajstić information content (AvgIpc) is 3.11. The maximum Gasteiger partial charge on any atom is 0.269 e.